The molecule has 0 spiro atoms. The van der Waals surface area contributed by atoms with Crippen molar-refractivity contribution in [3.8, 4) is 5.75 Å². The number of nitrogens with one attached hydrogen (secondary N) is 1. The second-order valence-corrected chi connectivity index (χ2v) is 5.27. The Morgan fingerprint density at radius 1 is 1.38 bits per heavy atom. The van der Waals surface area contributed by atoms with Crippen LogP contribution in [-0.2, 0) is 4.79 Å². The van der Waals surface area contributed by atoms with Crippen molar-refractivity contribution in [2.24, 2.45) is 0 Å². The highest BCUT2D eigenvalue weighted by molar-refractivity contribution is 7.13. The van der Waals surface area contributed by atoms with Crippen LogP contribution in [-0.4, -0.2) is 28.6 Å². The number of nitrogens with zero attached hydrogens (tertiary/aromatic N) is 1. The van der Waals surface area contributed by atoms with Crippen LogP contribution in [0.5, 0.6) is 5.75 Å². The van der Waals surface area contributed by atoms with Crippen LogP contribution in [0.3, 0.4) is 0 Å². The summed E-state index contributed by atoms with van der Waals surface area (Å²) < 4.78 is 5.33. The topological polar surface area (TPSA) is 88.5 Å². The fraction of sp³-hybridized carbons (Fsp3) is 0.214. The Morgan fingerprint density at radius 2 is 2.14 bits per heavy atom. The first-order valence-electron chi connectivity index (χ1n) is 6.14. The maximum atomic E-state index is 11.7. The number of benzene rings is 1. The van der Waals surface area contributed by atoms with Crippen LogP contribution in [0.4, 0.5) is 5.13 Å². The minimum Gasteiger partial charge on any atom is -0.484 e. The predicted molar refractivity (Wildman–Crippen MR) is 79.1 cm³/mol. The van der Waals surface area contributed by atoms with Gasteiger partial charge in [-0.2, -0.15) is 0 Å². The van der Waals surface area contributed by atoms with E-state index in [9.17, 15) is 9.59 Å². The number of thiazole rings is 1. The van der Waals surface area contributed by atoms with Gasteiger partial charge in [0, 0.05) is 5.38 Å². The van der Waals surface area contributed by atoms with Crippen molar-refractivity contribution < 1.29 is 19.4 Å². The van der Waals surface area contributed by atoms with Gasteiger partial charge >= 0.3 is 5.97 Å². The molecule has 0 aliphatic rings. The summed E-state index contributed by atoms with van der Waals surface area (Å²) in [6.07, 6.45) is 0. The van der Waals surface area contributed by atoms with Crippen LogP contribution in [0.15, 0.2) is 23.6 Å². The van der Waals surface area contributed by atoms with Gasteiger partial charge in [0.2, 0.25) is 0 Å². The Morgan fingerprint density at radius 3 is 2.71 bits per heavy atom. The van der Waals surface area contributed by atoms with Gasteiger partial charge in [0.05, 0.1) is 11.3 Å². The number of hydrogen-bond acceptors (Lipinski definition) is 5. The number of carboxylic acids is 1. The number of aryl methyl sites for hydroxylation is 2. The summed E-state index contributed by atoms with van der Waals surface area (Å²) in [6, 6.07) is 4.57. The Kier molecular flexibility index (Phi) is 4.54. The third kappa shape index (κ3) is 4.03. The summed E-state index contributed by atoms with van der Waals surface area (Å²) in [5.41, 5.74) is 1.64. The maximum Gasteiger partial charge on any atom is 0.335 e. The molecule has 110 valence electrons. The molecule has 2 rings (SSSR count). The van der Waals surface area contributed by atoms with Gasteiger partial charge in [-0.25, -0.2) is 9.78 Å². The molecule has 0 saturated heterocycles. The largest absolute Gasteiger partial charge is 0.484 e. The zero-order chi connectivity index (χ0) is 15.4. The Labute approximate surface area is 125 Å². The van der Waals surface area contributed by atoms with Gasteiger partial charge in [-0.15, -0.1) is 11.3 Å². The summed E-state index contributed by atoms with van der Waals surface area (Å²) in [6.45, 7) is 3.36. The molecule has 2 aromatic rings. The van der Waals surface area contributed by atoms with E-state index in [1.807, 2.05) is 12.3 Å². The standard InChI is InChI=1S/C14H14N2O4S/c1-8-5-10(3-4-11(8)13(18)19)20-6-12(17)16-14-15-9(2)7-21-14/h3-5,7H,6H2,1-2H3,(H,18,19)(H,15,16,17). The lowest BCUT2D eigenvalue weighted by Crippen LogP contribution is -2.20. The first-order chi connectivity index (χ1) is 9.95. The molecule has 0 bridgehead atoms. The van der Waals surface area contributed by atoms with E-state index in [-0.39, 0.29) is 18.1 Å². The number of hydrogen-bond donors (Lipinski definition) is 2. The highest BCUT2D eigenvalue weighted by Gasteiger charge is 2.09. The molecule has 0 unspecified atom stereocenters. The van der Waals surface area contributed by atoms with E-state index in [1.54, 1.807) is 13.0 Å². The summed E-state index contributed by atoms with van der Waals surface area (Å²) in [4.78, 5) is 26.7. The van der Waals surface area contributed by atoms with E-state index in [4.69, 9.17) is 9.84 Å². The number of anilines is 1. The van der Waals surface area contributed by atoms with Gasteiger partial charge in [-0.05, 0) is 37.6 Å². The van der Waals surface area contributed by atoms with Crippen molar-refractivity contribution in [3.63, 3.8) is 0 Å². The maximum absolute atomic E-state index is 11.7. The second-order valence-electron chi connectivity index (χ2n) is 4.41. The SMILES string of the molecule is Cc1csc(NC(=O)COc2ccc(C(=O)O)c(C)c2)n1. The van der Waals surface area contributed by atoms with Crippen molar-refractivity contribution in [1.29, 1.82) is 0 Å². The van der Waals surface area contributed by atoms with E-state index in [2.05, 4.69) is 10.3 Å². The molecule has 7 heteroatoms. The normalized spacial score (nSPS) is 10.2. The molecule has 1 amide bonds. The van der Waals surface area contributed by atoms with E-state index >= 15 is 0 Å². The van der Waals surface area contributed by atoms with Crippen LogP contribution in [0.2, 0.25) is 0 Å². The molecule has 1 heterocycles. The Bertz CT molecular complexity index is 681. The lowest BCUT2D eigenvalue weighted by Gasteiger charge is -2.08. The number of carboxylic acid groups (broad SMARTS) is 1. The molecule has 1 aromatic heterocycles. The first kappa shape index (κ1) is 15.0. The zero-order valence-electron chi connectivity index (χ0n) is 11.5. The van der Waals surface area contributed by atoms with Crippen molar-refractivity contribution in [3.05, 3.63) is 40.4 Å². The van der Waals surface area contributed by atoms with Crippen molar-refractivity contribution in [2.45, 2.75) is 13.8 Å². The van der Waals surface area contributed by atoms with Crippen molar-refractivity contribution in [2.75, 3.05) is 11.9 Å². The molecule has 0 atom stereocenters. The highest BCUT2D eigenvalue weighted by Crippen LogP contribution is 2.18. The van der Waals surface area contributed by atoms with Gasteiger partial charge in [-0.1, -0.05) is 0 Å². The molecule has 1 aromatic carbocycles. The third-order valence-electron chi connectivity index (χ3n) is 2.66. The molecular formula is C14H14N2O4S. The average molecular weight is 306 g/mol. The predicted octanol–water partition coefficient (Wildman–Crippen LogP) is 2.48. The first-order valence-corrected chi connectivity index (χ1v) is 7.02. The number of carbonyl (C=O) groups excluding carboxylic acids is 1. The molecule has 0 aliphatic heterocycles. The van der Waals surface area contributed by atoms with Gasteiger partial charge in [0.25, 0.3) is 5.91 Å². The molecule has 0 aliphatic carbocycles. The summed E-state index contributed by atoms with van der Waals surface area (Å²) in [7, 11) is 0. The minimum atomic E-state index is -0.990. The molecule has 2 N–H and O–H groups in total. The lowest BCUT2D eigenvalue weighted by molar-refractivity contribution is -0.118. The molecule has 0 fully saturated rings. The lowest BCUT2D eigenvalue weighted by atomic mass is 10.1. The summed E-state index contributed by atoms with van der Waals surface area (Å²) in [5.74, 6) is -0.858. The van der Waals surface area contributed by atoms with E-state index < -0.39 is 5.97 Å². The quantitative estimate of drug-likeness (QED) is 0.886. The second kappa shape index (κ2) is 6.36. The third-order valence-corrected chi connectivity index (χ3v) is 3.54. The fourth-order valence-corrected chi connectivity index (χ4v) is 2.39. The fourth-order valence-electron chi connectivity index (χ4n) is 1.68. The number of amides is 1. The molecule has 6 nitrogen and oxygen atoms in total. The molecule has 0 saturated carbocycles. The number of rotatable bonds is 5. The van der Waals surface area contributed by atoms with E-state index in [0.717, 1.165) is 5.69 Å². The number of aromatic carboxylic acids is 1. The number of aromatic nitrogens is 1. The Hall–Kier alpha value is -2.41. The van der Waals surface area contributed by atoms with Crippen molar-refractivity contribution >= 4 is 28.3 Å². The minimum absolute atomic E-state index is 0.162. The zero-order valence-corrected chi connectivity index (χ0v) is 12.4. The van der Waals surface area contributed by atoms with Crippen LogP contribution in [0.1, 0.15) is 21.6 Å². The van der Waals surface area contributed by atoms with Crippen LogP contribution >= 0.6 is 11.3 Å². The van der Waals surface area contributed by atoms with Gasteiger partial charge in [0.15, 0.2) is 11.7 Å². The van der Waals surface area contributed by atoms with Crippen LogP contribution in [0, 0.1) is 13.8 Å². The highest BCUT2D eigenvalue weighted by atomic mass is 32.1. The molecule has 21 heavy (non-hydrogen) atoms. The average Bonchev–Trinajstić information content (AvgIpc) is 2.81. The number of carbonyl (C=O) groups is 2. The Balaban J connectivity index is 1.92. The van der Waals surface area contributed by atoms with Gasteiger partial charge in [-0.3, -0.25) is 10.1 Å². The summed E-state index contributed by atoms with van der Waals surface area (Å²) >= 11 is 1.34. The number of ether oxygens (including phenoxy) is 1. The molecule has 0 radical (unpaired) electrons. The van der Waals surface area contributed by atoms with Crippen molar-refractivity contribution in [1.82, 2.24) is 4.98 Å². The van der Waals surface area contributed by atoms with E-state index in [0.29, 0.717) is 16.4 Å². The smallest absolute Gasteiger partial charge is 0.335 e. The van der Waals surface area contributed by atoms with Crippen LogP contribution in [0.25, 0.3) is 0 Å². The van der Waals surface area contributed by atoms with Crippen LogP contribution < -0.4 is 10.1 Å². The van der Waals surface area contributed by atoms with Gasteiger partial charge < -0.3 is 9.84 Å². The van der Waals surface area contributed by atoms with E-state index in [1.165, 1.54) is 23.5 Å². The summed E-state index contributed by atoms with van der Waals surface area (Å²) in [5, 5.41) is 13.9. The van der Waals surface area contributed by atoms with Gasteiger partial charge in [0.1, 0.15) is 5.75 Å². The molecular weight excluding hydrogens is 292 g/mol. The monoisotopic (exact) mass is 306 g/mol.